The fraction of sp³-hybridized carbons (Fsp3) is 0.118. The molecule has 4 nitrogen and oxygen atoms in total. The largest absolute Gasteiger partial charge is 0.497 e. The first-order valence-corrected chi connectivity index (χ1v) is 6.69. The molecule has 3 aromatic rings. The Balaban J connectivity index is 1.81. The zero-order valence-corrected chi connectivity index (χ0v) is 12.0. The van der Waals surface area contributed by atoms with Gasteiger partial charge in [0.2, 0.25) is 0 Å². The second-order valence-electron chi connectivity index (χ2n) is 4.69. The third-order valence-electron chi connectivity index (χ3n) is 3.22. The van der Waals surface area contributed by atoms with E-state index in [1.54, 1.807) is 18.0 Å². The van der Waals surface area contributed by atoms with Gasteiger partial charge in [-0.2, -0.15) is 5.10 Å². The molecule has 0 aliphatic carbocycles. The summed E-state index contributed by atoms with van der Waals surface area (Å²) >= 11 is 0. The molecule has 3 rings (SSSR count). The van der Waals surface area contributed by atoms with Crippen LogP contribution in [0.4, 0.5) is 0 Å². The fourth-order valence-electron chi connectivity index (χ4n) is 2.03. The molecule has 0 amide bonds. The van der Waals surface area contributed by atoms with E-state index in [0.717, 1.165) is 22.7 Å². The molecule has 0 saturated heterocycles. The minimum Gasteiger partial charge on any atom is -0.497 e. The number of benzene rings is 2. The molecule has 21 heavy (non-hydrogen) atoms. The SMILES string of the molecule is COc1ccc(-n2cc(Oc3ccccc3C)cn2)cc1. The minimum atomic E-state index is 0.708. The quantitative estimate of drug-likeness (QED) is 0.725. The second kappa shape index (κ2) is 5.71. The third-order valence-corrected chi connectivity index (χ3v) is 3.22. The molecule has 0 fully saturated rings. The molecule has 0 saturated carbocycles. The van der Waals surface area contributed by atoms with Crippen LogP contribution in [0.3, 0.4) is 0 Å². The van der Waals surface area contributed by atoms with Gasteiger partial charge in [0.15, 0.2) is 5.75 Å². The first kappa shape index (κ1) is 13.2. The van der Waals surface area contributed by atoms with Crippen molar-refractivity contribution in [3.8, 4) is 22.9 Å². The van der Waals surface area contributed by atoms with E-state index in [2.05, 4.69) is 5.10 Å². The maximum atomic E-state index is 5.85. The Labute approximate surface area is 123 Å². The lowest BCUT2D eigenvalue weighted by Crippen LogP contribution is -1.93. The first-order chi connectivity index (χ1) is 10.3. The Morgan fingerprint density at radius 3 is 2.43 bits per heavy atom. The van der Waals surface area contributed by atoms with Crippen molar-refractivity contribution >= 4 is 0 Å². The van der Waals surface area contributed by atoms with Gasteiger partial charge in [-0.3, -0.25) is 0 Å². The lowest BCUT2D eigenvalue weighted by Gasteiger charge is -2.05. The Hall–Kier alpha value is -2.75. The van der Waals surface area contributed by atoms with Gasteiger partial charge in [0.1, 0.15) is 11.5 Å². The summed E-state index contributed by atoms with van der Waals surface area (Å²) in [6.07, 6.45) is 3.56. The van der Waals surface area contributed by atoms with Gasteiger partial charge in [0.25, 0.3) is 0 Å². The van der Waals surface area contributed by atoms with Crippen LogP contribution in [-0.2, 0) is 0 Å². The highest BCUT2D eigenvalue weighted by molar-refractivity contribution is 5.39. The van der Waals surface area contributed by atoms with Gasteiger partial charge in [0.05, 0.1) is 25.2 Å². The molecule has 0 unspecified atom stereocenters. The molecule has 1 aromatic heterocycles. The average molecular weight is 280 g/mol. The predicted octanol–water partition coefficient (Wildman–Crippen LogP) is 3.98. The standard InChI is InChI=1S/C17H16N2O2/c1-13-5-3-4-6-17(13)21-16-11-18-19(12-16)14-7-9-15(20-2)10-8-14/h3-12H,1-2H3. The van der Waals surface area contributed by atoms with Crippen molar-refractivity contribution in [2.24, 2.45) is 0 Å². The normalized spacial score (nSPS) is 10.4. The molecule has 2 aromatic carbocycles. The van der Waals surface area contributed by atoms with Crippen molar-refractivity contribution in [3.63, 3.8) is 0 Å². The first-order valence-electron chi connectivity index (χ1n) is 6.69. The molecule has 0 bridgehead atoms. The van der Waals surface area contributed by atoms with E-state index in [-0.39, 0.29) is 0 Å². The van der Waals surface area contributed by atoms with E-state index in [9.17, 15) is 0 Å². The van der Waals surface area contributed by atoms with Crippen molar-refractivity contribution in [3.05, 3.63) is 66.5 Å². The van der Waals surface area contributed by atoms with Crippen molar-refractivity contribution in [1.82, 2.24) is 9.78 Å². The number of para-hydroxylation sites is 1. The molecule has 1 heterocycles. The Bertz CT molecular complexity index is 733. The predicted molar refractivity (Wildman–Crippen MR) is 81.4 cm³/mol. The lowest BCUT2D eigenvalue weighted by molar-refractivity contribution is 0.414. The van der Waals surface area contributed by atoms with Gasteiger partial charge in [-0.15, -0.1) is 0 Å². The van der Waals surface area contributed by atoms with Crippen molar-refractivity contribution < 1.29 is 9.47 Å². The average Bonchev–Trinajstić information content (AvgIpc) is 2.98. The van der Waals surface area contributed by atoms with Crippen LogP contribution in [0.5, 0.6) is 17.2 Å². The summed E-state index contributed by atoms with van der Waals surface area (Å²) in [6.45, 7) is 2.02. The lowest BCUT2D eigenvalue weighted by atomic mass is 10.2. The topological polar surface area (TPSA) is 36.3 Å². The molecule has 0 aliphatic heterocycles. The highest BCUT2D eigenvalue weighted by Crippen LogP contribution is 2.25. The Morgan fingerprint density at radius 1 is 0.952 bits per heavy atom. The minimum absolute atomic E-state index is 0.708. The second-order valence-corrected chi connectivity index (χ2v) is 4.69. The summed E-state index contributed by atoms with van der Waals surface area (Å²) in [5.74, 6) is 2.37. The van der Waals surface area contributed by atoms with Crippen LogP contribution in [0, 0.1) is 6.92 Å². The van der Waals surface area contributed by atoms with Gasteiger partial charge < -0.3 is 9.47 Å². The van der Waals surface area contributed by atoms with Crippen molar-refractivity contribution in [1.29, 1.82) is 0 Å². The number of nitrogens with zero attached hydrogens (tertiary/aromatic N) is 2. The number of aromatic nitrogens is 2. The molecule has 0 radical (unpaired) electrons. The van der Waals surface area contributed by atoms with Crippen LogP contribution < -0.4 is 9.47 Å². The number of hydrogen-bond donors (Lipinski definition) is 0. The van der Waals surface area contributed by atoms with E-state index < -0.39 is 0 Å². The molecule has 106 valence electrons. The van der Waals surface area contributed by atoms with Gasteiger partial charge >= 0.3 is 0 Å². The number of aryl methyl sites for hydroxylation is 1. The molecule has 4 heteroatoms. The third kappa shape index (κ3) is 2.89. The maximum Gasteiger partial charge on any atom is 0.165 e. The summed E-state index contributed by atoms with van der Waals surface area (Å²) in [4.78, 5) is 0. The van der Waals surface area contributed by atoms with Crippen LogP contribution in [-0.4, -0.2) is 16.9 Å². The van der Waals surface area contributed by atoms with Gasteiger partial charge in [-0.05, 0) is 42.8 Å². The zero-order chi connectivity index (χ0) is 14.7. The summed E-state index contributed by atoms with van der Waals surface area (Å²) in [5, 5.41) is 4.32. The number of ether oxygens (including phenoxy) is 2. The van der Waals surface area contributed by atoms with E-state index in [4.69, 9.17) is 9.47 Å². The number of hydrogen-bond acceptors (Lipinski definition) is 3. The summed E-state index contributed by atoms with van der Waals surface area (Å²) in [6, 6.07) is 15.6. The van der Waals surface area contributed by atoms with Gasteiger partial charge in [-0.25, -0.2) is 4.68 Å². The van der Waals surface area contributed by atoms with E-state index in [0.29, 0.717) is 5.75 Å². The van der Waals surface area contributed by atoms with Gasteiger partial charge in [-0.1, -0.05) is 18.2 Å². The molecule has 0 N–H and O–H groups in total. The van der Waals surface area contributed by atoms with Gasteiger partial charge in [0, 0.05) is 0 Å². The maximum absolute atomic E-state index is 5.85. The van der Waals surface area contributed by atoms with E-state index >= 15 is 0 Å². The Kier molecular flexibility index (Phi) is 3.60. The monoisotopic (exact) mass is 280 g/mol. The van der Waals surface area contributed by atoms with Crippen LogP contribution in [0.2, 0.25) is 0 Å². The fourth-order valence-corrected chi connectivity index (χ4v) is 2.03. The highest BCUT2D eigenvalue weighted by atomic mass is 16.5. The van der Waals surface area contributed by atoms with Crippen LogP contribution >= 0.6 is 0 Å². The molecular formula is C17H16N2O2. The van der Waals surface area contributed by atoms with E-state index in [1.807, 2.05) is 61.7 Å². The number of methoxy groups -OCH3 is 1. The highest BCUT2D eigenvalue weighted by Gasteiger charge is 2.05. The smallest absolute Gasteiger partial charge is 0.165 e. The number of rotatable bonds is 4. The van der Waals surface area contributed by atoms with Crippen molar-refractivity contribution in [2.75, 3.05) is 7.11 Å². The summed E-state index contributed by atoms with van der Waals surface area (Å²) in [7, 11) is 1.65. The van der Waals surface area contributed by atoms with Crippen molar-refractivity contribution in [2.45, 2.75) is 6.92 Å². The van der Waals surface area contributed by atoms with Crippen LogP contribution in [0.15, 0.2) is 60.9 Å². The van der Waals surface area contributed by atoms with E-state index in [1.165, 1.54) is 0 Å². The molecular weight excluding hydrogens is 264 g/mol. The van der Waals surface area contributed by atoms with Crippen LogP contribution in [0.25, 0.3) is 5.69 Å². The molecule has 0 aliphatic rings. The van der Waals surface area contributed by atoms with Crippen LogP contribution in [0.1, 0.15) is 5.56 Å². The molecule has 0 atom stereocenters. The molecule has 0 spiro atoms. The summed E-state index contributed by atoms with van der Waals surface area (Å²) < 4.78 is 12.8. The zero-order valence-electron chi connectivity index (χ0n) is 12.0. The summed E-state index contributed by atoms with van der Waals surface area (Å²) in [5.41, 5.74) is 2.05. The Morgan fingerprint density at radius 2 is 1.71 bits per heavy atom.